The fraction of sp³-hybridized carbons (Fsp3) is 0.529. The van der Waals surface area contributed by atoms with Gasteiger partial charge in [-0.25, -0.2) is 0 Å². The standard InChI is InChI=1S/C17H22ClNO5/c1-11-8-13(2-3-15(11)18)24-10-16(20)19-9-14(17(21)22)12-4-6-23-7-5-12/h2-3,8,12,14H,4-7,9-10H2,1H3,(H,19,20)(H,21,22). The Balaban J connectivity index is 1.80. The van der Waals surface area contributed by atoms with Crippen LogP contribution in [0.1, 0.15) is 18.4 Å². The van der Waals surface area contributed by atoms with Crippen LogP contribution >= 0.6 is 11.6 Å². The minimum Gasteiger partial charge on any atom is -0.484 e. The highest BCUT2D eigenvalue weighted by atomic mass is 35.5. The van der Waals surface area contributed by atoms with E-state index in [2.05, 4.69) is 5.32 Å². The molecule has 0 saturated carbocycles. The lowest BCUT2D eigenvalue weighted by Gasteiger charge is -2.27. The summed E-state index contributed by atoms with van der Waals surface area (Å²) >= 11 is 5.93. The molecule has 1 aromatic carbocycles. The van der Waals surface area contributed by atoms with Crippen molar-refractivity contribution in [2.45, 2.75) is 19.8 Å². The SMILES string of the molecule is Cc1cc(OCC(=O)NCC(C(=O)O)C2CCOCC2)ccc1Cl. The lowest BCUT2D eigenvalue weighted by molar-refractivity contribution is -0.145. The van der Waals surface area contributed by atoms with Crippen molar-refractivity contribution in [2.24, 2.45) is 11.8 Å². The van der Waals surface area contributed by atoms with Crippen LogP contribution in [0, 0.1) is 18.8 Å². The number of carbonyl (C=O) groups is 2. The molecule has 7 heteroatoms. The van der Waals surface area contributed by atoms with Gasteiger partial charge in [0.25, 0.3) is 5.91 Å². The van der Waals surface area contributed by atoms with E-state index < -0.39 is 11.9 Å². The number of aryl methyl sites for hydroxylation is 1. The zero-order valence-corrected chi connectivity index (χ0v) is 14.3. The second-order valence-electron chi connectivity index (χ2n) is 5.90. The van der Waals surface area contributed by atoms with Crippen LogP contribution in [0.15, 0.2) is 18.2 Å². The average Bonchev–Trinajstić information content (AvgIpc) is 2.57. The molecule has 0 aromatic heterocycles. The summed E-state index contributed by atoms with van der Waals surface area (Å²) in [6.07, 6.45) is 1.40. The van der Waals surface area contributed by atoms with Crippen LogP contribution in [0.3, 0.4) is 0 Å². The Morgan fingerprint density at radius 1 is 1.42 bits per heavy atom. The van der Waals surface area contributed by atoms with Gasteiger partial charge < -0.3 is 19.9 Å². The summed E-state index contributed by atoms with van der Waals surface area (Å²) in [7, 11) is 0. The number of amides is 1. The summed E-state index contributed by atoms with van der Waals surface area (Å²) in [5.41, 5.74) is 0.861. The largest absolute Gasteiger partial charge is 0.484 e. The highest BCUT2D eigenvalue weighted by molar-refractivity contribution is 6.31. The fourth-order valence-corrected chi connectivity index (χ4v) is 2.82. The molecule has 2 N–H and O–H groups in total. The maximum atomic E-state index is 11.9. The number of hydrogen-bond acceptors (Lipinski definition) is 4. The topological polar surface area (TPSA) is 84.9 Å². The Morgan fingerprint density at radius 3 is 2.75 bits per heavy atom. The molecule has 0 bridgehead atoms. The zero-order chi connectivity index (χ0) is 17.5. The number of rotatable bonds is 7. The van der Waals surface area contributed by atoms with Gasteiger partial charge in [-0.15, -0.1) is 0 Å². The first kappa shape index (κ1) is 18.5. The summed E-state index contributed by atoms with van der Waals surface area (Å²) in [5, 5.41) is 12.6. The molecule has 1 unspecified atom stereocenters. The molecular formula is C17H22ClNO5. The molecule has 1 aromatic rings. The number of aliphatic carboxylic acids is 1. The maximum absolute atomic E-state index is 11.9. The Kier molecular flexibility index (Phi) is 6.87. The molecule has 0 radical (unpaired) electrons. The Morgan fingerprint density at radius 2 is 2.12 bits per heavy atom. The van der Waals surface area contributed by atoms with E-state index in [4.69, 9.17) is 21.1 Å². The molecule has 6 nitrogen and oxygen atoms in total. The molecule has 24 heavy (non-hydrogen) atoms. The van der Waals surface area contributed by atoms with E-state index >= 15 is 0 Å². The molecule has 1 fully saturated rings. The van der Waals surface area contributed by atoms with Crippen LogP contribution in [0.25, 0.3) is 0 Å². The van der Waals surface area contributed by atoms with Crippen LogP contribution < -0.4 is 10.1 Å². The molecule has 1 aliphatic heterocycles. The number of ether oxygens (including phenoxy) is 2. The van der Waals surface area contributed by atoms with Gasteiger partial charge in [0.15, 0.2) is 6.61 Å². The number of hydrogen-bond donors (Lipinski definition) is 2. The third-order valence-corrected chi connectivity index (χ3v) is 4.59. The van der Waals surface area contributed by atoms with Gasteiger partial charge in [0.1, 0.15) is 5.75 Å². The normalized spacial score (nSPS) is 16.4. The molecular weight excluding hydrogens is 334 g/mol. The Labute approximate surface area is 146 Å². The van der Waals surface area contributed by atoms with Crippen LogP contribution in [-0.2, 0) is 14.3 Å². The Bertz CT molecular complexity index is 586. The maximum Gasteiger partial charge on any atom is 0.308 e. The minimum absolute atomic E-state index is 0.0244. The van der Waals surface area contributed by atoms with Gasteiger partial charge in [0.05, 0.1) is 5.92 Å². The predicted molar refractivity (Wildman–Crippen MR) is 89.4 cm³/mol. The summed E-state index contributed by atoms with van der Waals surface area (Å²) in [5.74, 6) is -1.27. The van der Waals surface area contributed by atoms with Gasteiger partial charge in [-0.1, -0.05) is 11.6 Å². The summed E-state index contributed by atoms with van der Waals surface area (Å²) in [6, 6.07) is 5.14. The van der Waals surface area contributed by atoms with Crippen molar-refractivity contribution in [3.8, 4) is 5.75 Å². The summed E-state index contributed by atoms with van der Waals surface area (Å²) in [4.78, 5) is 23.3. The first-order valence-corrected chi connectivity index (χ1v) is 8.31. The van der Waals surface area contributed by atoms with Crippen LogP contribution in [0.5, 0.6) is 5.75 Å². The number of carboxylic acids is 1. The Hall–Kier alpha value is -1.79. The van der Waals surface area contributed by atoms with E-state index in [-0.39, 0.29) is 25.0 Å². The quantitative estimate of drug-likeness (QED) is 0.783. The highest BCUT2D eigenvalue weighted by Crippen LogP contribution is 2.24. The van der Waals surface area contributed by atoms with Gasteiger partial charge >= 0.3 is 5.97 Å². The third kappa shape index (κ3) is 5.39. The highest BCUT2D eigenvalue weighted by Gasteiger charge is 2.30. The second-order valence-corrected chi connectivity index (χ2v) is 6.31. The predicted octanol–water partition coefficient (Wildman–Crippen LogP) is 2.27. The minimum atomic E-state index is -0.892. The van der Waals surface area contributed by atoms with Crippen LogP contribution in [-0.4, -0.2) is 43.3 Å². The van der Waals surface area contributed by atoms with Gasteiger partial charge in [-0.05, 0) is 49.4 Å². The van der Waals surface area contributed by atoms with E-state index in [9.17, 15) is 14.7 Å². The molecule has 1 atom stereocenters. The van der Waals surface area contributed by atoms with Gasteiger partial charge in [0, 0.05) is 24.8 Å². The second kappa shape index (κ2) is 8.89. The molecule has 0 spiro atoms. The van der Waals surface area contributed by atoms with E-state index in [0.717, 1.165) is 5.56 Å². The fourth-order valence-electron chi connectivity index (χ4n) is 2.70. The number of carbonyl (C=O) groups excluding carboxylic acids is 1. The number of nitrogens with one attached hydrogen (secondary N) is 1. The first-order valence-electron chi connectivity index (χ1n) is 7.93. The lowest BCUT2D eigenvalue weighted by atomic mass is 9.86. The van der Waals surface area contributed by atoms with Gasteiger partial charge in [-0.2, -0.15) is 0 Å². The van der Waals surface area contributed by atoms with E-state index in [0.29, 0.717) is 36.8 Å². The van der Waals surface area contributed by atoms with Crippen molar-refractivity contribution in [3.63, 3.8) is 0 Å². The van der Waals surface area contributed by atoms with E-state index in [1.54, 1.807) is 18.2 Å². The summed E-state index contributed by atoms with van der Waals surface area (Å²) in [6.45, 7) is 2.92. The van der Waals surface area contributed by atoms with Crippen LogP contribution in [0.2, 0.25) is 5.02 Å². The van der Waals surface area contributed by atoms with Crippen molar-refractivity contribution in [1.82, 2.24) is 5.32 Å². The van der Waals surface area contributed by atoms with Gasteiger partial charge in [0.2, 0.25) is 0 Å². The van der Waals surface area contributed by atoms with Gasteiger partial charge in [-0.3, -0.25) is 9.59 Å². The third-order valence-electron chi connectivity index (χ3n) is 4.17. The molecule has 1 heterocycles. The average molecular weight is 356 g/mol. The molecule has 1 saturated heterocycles. The van der Waals surface area contributed by atoms with E-state index in [1.165, 1.54) is 0 Å². The summed E-state index contributed by atoms with van der Waals surface area (Å²) < 4.78 is 10.7. The van der Waals surface area contributed by atoms with Crippen molar-refractivity contribution < 1.29 is 24.2 Å². The monoisotopic (exact) mass is 355 g/mol. The molecule has 1 amide bonds. The smallest absolute Gasteiger partial charge is 0.308 e. The van der Waals surface area contributed by atoms with Crippen molar-refractivity contribution >= 4 is 23.5 Å². The molecule has 0 aliphatic carbocycles. The molecule has 2 rings (SSSR count). The van der Waals surface area contributed by atoms with Crippen LogP contribution in [0.4, 0.5) is 0 Å². The number of benzene rings is 1. The molecule has 132 valence electrons. The van der Waals surface area contributed by atoms with Crippen molar-refractivity contribution in [2.75, 3.05) is 26.4 Å². The molecule has 1 aliphatic rings. The van der Waals surface area contributed by atoms with E-state index in [1.807, 2.05) is 6.92 Å². The number of halogens is 1. The first-order chi connectivity index (χ1) is 11.5. The van der Waals surface area contributed by atoms with Crippen molar-refractivity contribution in [1.29, 1.82) is 0 Å². The lowest BCUT2D eigenvalue weighted by Crippen LogP contribution is -2.40. The number of carboxylic acid groups (broad SMARTS) is 1. The van der Waals surface area contributed by atoms with Crippen molar-refractivity contribution in [3.05, 3.63) is 28.8 Å². The zero-order valence-electron chi connectivity index (χ0n) is 13.6.